The molecule has 0 bridgehead atoms. The van der Waals surface area contributed by atoms with Crippen LogP contribution in [0.25, 0.3) is 0 Å². The first kappa shape index (κ1) is 15.6. The fourth-order valence-electron chi connectivity index (χ4n) is 1.34. The molecule has 8 heteroatoms. The summed E-state index contributed by atoms with van der Waals surface area (Å²) in [6.07, 6.45) is 0.575. The third-order valence-corrected chi connectivity index (χ3v) is 6.70. The molecule has 1 aromatic rings. The molecule has 0 spiro atoms. The third kappa shape index (κ3) is 3.53. The second kappa shape index (κ2) is 6.14. The number of halogens is 1. The molecule has 0 fully saturated rings. The molecular weight excluding hydrogens is 342 g/mol. The van der Waals surface area contributed by atoms with Crippen LogP contribution in [0.15, 0.2) is 20.1 Å². The molecule has 1 aromatic heterocycles. The van der Waals surface area contributed by atoms with E-state index in [1.165, 1.54) is 0 Å². The molecule has 0 aliphatic heterocycles. The predicted octanol–water partition coefficient (Wildman–Crippen LogP) is 2.29. The number of carbonyl (C=O) groups is 1. The number of rotatable bonds is 6. The first-order valence-electron chi connectivity index (χ1n) is 5.27. The smallest absolute Gasteiger partial charge is 0.322 e. The molecule has 0 aliphatic rings. The van der Waals surface area contributed by atoms with Gasteiger partial charge in [-0.05, 0) is 33.3 Å². The summed E-state index contributed by atoms with van der Waals surface area (Å²) in [5.41, 5.74) is 0. The monoisotopic (exact) mass is 355 g/mol. The largest absolute Gasteiger partial charge is 0.480 e. The van der Waals surface area contributed by atoms with Gasteiger partial charge in [-0.1, -0.05) is 20.3 Å². The lowest BCUT2D eigenvalue weighted by Crippen LogP contribution is -2.44. The van der Waals surface area contributed by atoms with Crippen molar-refractivity contribution in [3.05, 3.63) is 15.9 Å². The van der Waals surface area contributed by atoms with Crippen molar-refractivity contribution in [1.29, 1.82) is 0 Å². The van der Waals surface area contributed by atoms with Gasteiger partial charge in [-0.25, -0.2) is 8.42 Å². The molecule has 0 amide bonds. The first-order chi connectivity index (χ1) is 8.29. The van der Waals surface area contributed by atoms with Crippen molar-refractivity contribution in [2.75, 3.05) is 0 Å². The molecule has 1 rings (SSSR count). The van der Waals surface area contributed by atoms with Crippen molar-refractivity contribution in [3.63, 3.8) is 0 Å². The molecule has 0 aromatic carbocycles. The second-order valence-corrected chi connectivity index (χ2v) is 7.56. The van der Waals surface area contributed by atoms with E-state index < -0.39 is 22.0 Å². The Morgan fingerprint density at radius 3 is 2.61 bits per heavy atom. The van der Waals surface area contributed by atoms with E-state index >= 15 is 0 Å². The van der Waals surface area contributed by atoms with Gasteiger partial charge in [0.15, 0.2) is 0 Å². The highest BCUT2D eigenvalue weighted by atomic mass is 79.9. The Kier molecular flexibility index (Phi) is 5.32. The summed E-state index contributed by atoms with van der Waals surface area (Å²) in [6, 6.07) is 0.493. The quantitative estimate of drug-likeness (QED) is 0.819. The van der Waals surface area contributed by atoms with Crippen molar-refractivity contribution in [3.8, 4) is 0 Å². The average molecular weight is 356 g/mol. The minimum Gasteiger partial charge on any atom is -0.480 e. The van der Waals surface area contributed by atoms with E-state index in [1.54, 1.807) is 18.4 Å². The molecule has 18 heavy (non-hydrogen) atoms. The molecule has 0 saturated heterocycles. The maximum absolute atomic E-state index is 12.1. The van der Waals surface area contributed by atoms with Crippen molar-refractivity contribution in [2.24, 2.45) is 5.92 Å². The summed E-state index contributed by atoms with van der Waals surface area (Å²) in [6.45, 7) is 3.51. The lowest BCUT2D eigenvalue weighted by atomic mass is 10.0. The van der Waals surface area contributed by atoms with E-state index in [1.807, 2.05) is 6.92 Å². The number of hydrogen-bond donors (Lipinski definition) is 2. The molecule has 102 valence electrons. The summed E-state index contributed by atoms with van der Waals surface area (Å²) in [5.74, 6) is -1.45. The van der Waals surface area contributed by atoms with Gasteiger partial charge in [-0.3, -0.25) is 4.79 Å². The summed E-state index contributed by atoms with van der Waals surface area (Å²) in [4.78, 5) is 11.1. The van der Waals surface area contributed by atoms with Crippen LogP contribution in [0.3, 0.4) is 0 Å². The highest BCUT2D eigenvalue weighted by Crippen LogP contribution is 2.28. The Bertz CT molecular complexity index is 526. The van der Waals surface area contributed by atoms with Crippen LogP contribution in [0, 0.1) is 5.92 Å². The second-order valence-electron chi connectivity index (χ2n) is 3.88. The number of hydrogen-bond acceptors (Lipinski definition) is 4. The van der Waals surface area contributed by atoms with Crippen LogP contribution in [0.5, 0.6) is 0 Å². The van der Waals surface area contributed by atoms with Crippen LogP contribution in [0.2, 0.25) is 0 Å². The highest BCUT2D eigenvalue weighted by molar-refractivity contribution is 9.10. The molecule has 1 heterocycles. The van der Waals surface area contributed by atoms with E-state index in [0.717, 1.165) is 11.3 Å². The maximum atomic E-state index is 12.1. The summed E-state index contributed by atoms with van der Waals surface area (Å²) in [7, 11) is -3.81. The van der Waals surface area contributed by atoms with Crippen molar-refractivity contribution >= 4 is 43.3 Å². The van der Waals surface area contributed by atoms with Gasteiger partial charge in [0.1, 0.15) is 10.3 Å². The van der Waals surface area contributed by atoms with Gasteiger partial charge >= 0.3 is 5.97 Å². The molecule has 0 saturated carbocycles. The van der Waals surface area contributed by atoms with Crippen molar-refractivity contribution in [2.45, 2.75) is 30.5 Å². The molecule has 2 atom stereocenters. The van der Waals surface area contributed by atoms with Gasteiger partial charge in [0.2, 0.25) is 0 Å². The maximum Gasteiger partial charge on any atom is 0.322 e. The fourth-order valence-corrected chi connectivity index (χ4v) is 4.99. The third-order valence-electron chi connectivity index (χ3n) is 2.59. The van der Waals surface area contributed by atoms with Crippen LogP contribution in [-0.2, 0) is 14.8 Å². The van der Waals surface area contributed by atoms with Gasteiger partial charge in [-0.15, -0.1) is 11.3 Å². The van der Waals surface area contributed by atoms with Gasteiger partial charge in [0.25, 0.3) is 10.0 Å². The lowest BCUT2D eigenvalue weighted by molar-refractivity contribution is -0.140. The summed E-state index contributed by atoms with van der Waals surface area (Å²) < 4.78 is 26.9. The highest BCUT2D eigenvalue weighted by Gasteiger charge is 2.30. The van der Waals surface area contributed by atoms with Crippen LogP contribution in [-0.4, -0.2) is 25.5 Å². The van der Waals surface area contributed by atoms with E-state index in [4.69, 9.17) is 5.11 Å². The minimum absolute atomic E-state index is 0.0945. The predicted molar refractivity (Wildman–Crippen MR) is 73.2 cm³/mol. The summed E-state index contributed by atoms with van der Waals surface area (Å²) >= 11 is 4.17. The van der Waals surface area contributed by atoms with Crippen molar-refractivity contribution in [1.82, 2.24) is 4.72 Å². The topological polar surface area (TPSA) is 83.5 Å². The Morgan fingerprint density at radius 1 is 1.61 bits per heavy atom. The Hall–Kier alpha value is -0.440. The van der Waals surface area contributed by atoms with Crippen LogP contribution in [0.4, 0.5) is 0 Å². The lowest BCUT2D eigenvalue weighted by Gasteiger charge is -2.19. The van der Waals surface area contributed by atoms with E-state index in [9.17, 15) is 13.2 Å². The molecule has 0 aliphatic carbocycles. The number of aliphatic carboxylic acids is 1. The van der Waals surface area contributed by atoms with Crippen LogP contribution >= 0.6 is 27.3 Å². The van der Waals surface area contributed by atoms with E-state index in [-0.39, 0.29) is 10.1 Å². The van der Waals surface area contributed by atoms with Crippen molar-refractivity contribution < 1.29 is 18.3 Å². The minimum atomic E-state index is -3.81. The Morgan fingerprint density at radius 2 is 2.22 bits per heavy atom. The molecule has 0 radical (unpaired) electrons. The van der Waals surface area contributed by atoms with Crippen LogP contribution < -0.4 is 4.72 Å². The van der Waals surface area contributed by atoms with Gasteiger partial charge < -0.3 is 5.11 Å². The molecule has 5 nitrogen and oxygen atoms in total. The summed E-state index contributed by atoms with van der Waals surface area (Å²) in [5, 5.41) is 10.7. The number of carboxylic acid groups (broad SMARTS) is 1. The van der Waals surface area contributed by atoms with E-state index in [2.05, 4.69) is 20.7 Å². The van der Waals surface area contributed by atoms with E-state index in [0.29, 0.717) is 10.9 Å². The Balaban J connectivity index is 3.01. The zero-order valence-corrected chi connectivity index (χ0v) is 13.1. The molecule has 2 N–H and O–H groups in total. The number of nitrogens with one attached hydrogen (secondary N) is 1. The van der Waals surface area contributed by atoms with Gasteiger partial charge in [0, 0.05) is 4.47 Å². The number of thiophene rings is 1. The molecular formula is C10H14BrNO4S2. The average Bonchev–Trinajstić information content (AvgIpc) is 2.72. The van der Waals surface area contributed by atoms with Gasteiger partial charge in [0.05, 0.1) is 0 Å². The number of carboxylic acids is 1. The van der Waals surface area contributed by atoms with Crippen LogP contribution in [0.1, 0.15) is 20.3 Å². The fraction of sp³-hybridized carbons (Fsp3) is 0.500. The Labute approximate surface area is 118 Å². The van der Waals surface area contributed by atoms with Gasteiger partial charge in [-0.2, -0.15) is 4.72 Å². The zero-order chi connectivity index (χ0) is 13.9. The zero-order valence-electron chi connectivity index (χ0n) is 9.88. The first-order valence-corrected chi connectivity index (χ1v) is 8.43. The normalized spacial score (nSPS) is 15.3. The SMILES string of the molecule is CC[C@H](C)[C@H](NS(=O)(=O)c1sccc1Br)C(=O)O. The molecule has 0 unspecified atom stereocenters. The standard InChI is InChI=1S/C10H14BrNO4S2/c1-3-6(2)8(9(13)14)12-18(15,16)10-7(11)4-5-17-10/h4-6,8,12H,3H2,1-2H3,(H,13,14)/t6-,8-/m0/s1. The number of sulfonamides is 1.